The van der Waals surface area contributed by atoms with E-state index in [9.17, 15) is 9.59 Å². The number of benzene rings is 3. The molecule has 0 aliphatic carbocycles. The van der Waals surface area contributed by atoms with Crippen LogP contribution in [0.15, 0.2) is 88.1 Å². The van der Waals surface area contributed by atoms with Gasteiger partial charge in [-0.2, -0.15) is 0 Å². The number of esters is 1. The average molecular weight is 442 g/mol. The van der Waals surface area contributed by atoms with Crippen LogP contribution in [-0.2, 0) is 16.1 Å². The highest BCUT2D eigenvalue weighted by Gasteiger charge is 2.12. The average Bonchev–Trinajstić information content (AvgIpc) is 2.86. The van der Waals surface area contributed by atoms with Crippen molar-refractivity contribution in [2.75, 3.05) is 14.2 Å². The van der Waals surface area contributed by atoms with Crippen LogP contribution in [0.5, 0.6) is 11.5 Å². The van der Waals surface area contributed by atoms with Crippen molar-refractivity contribution >= 4 is 23.0 Å². The highest BCUT2D eigenvalue weighted by Crippen LogP contribution is 2.33. The Bertz CT molecular complexity index is 1370. The lowest BCUT2D eigenvalue weighted by atomic mass is 10.1. The topological polar surface area (TPSA) is 75.0 Å². The molecule has 0 saturated heterocycles. The number of fused-ring (bicyclic) bond motifs is 1. The van der Waals surface area contributed by atoms with Crippen LogP contribution < -0.4 is 14.9 Å². The number of rotatable bonds is 7. The van der Waals surface area contributed by atoms with Gasteiger partial charge >= 0.3 is 5.97 Å². The minimum absolute atomic E-state index is 0.192. The molecular formula is C27H22O6. The summed E-state index contributed by atoms with van der Waals surface area (Å²) in [5, 5.41) is 0.417. The molecule has 0 N–H and O–H groups in total. The van der Waals surface area contributed by atoms with E-state index in [1.165, 1.54) is 19.3 Å². The van der Waals surface area contributed by atoms with Gasteiger partial charge in [-0.05, 0) is 47.5 Å². The number of hydrogen-bond donors (Lipinski definition) is 0. The van der Waals surface area contributed by atoms with Gasteiger partial charge in [-0.1, -0.05) is 36.4 Å². The van der Waals surface area contributed by atoms with E-state index in [4.69, 9.17) is 13.9 Å². The van der Waals surface area contributed by atoms with Gasteiger partial charge in [-0.25, -0.2) is 4.79 Å². The highest BCUT2D eigenvalue weighted by molar-refractivity contribution is 5.88. The predicted octanol–water partition coefficient (Wildman–Crippen LogP) is 5.23. The maximum absolute atomic E-state index is 12.8. The Morgan fingerprint density at radius 3 is 2.52 bits per heavy atom. The van der Waals surface area contributed by atoms with Gasteiger partial charge in [-0.3, -0.25) is 4.79 Å². The van der Waals surface area contributed by atoms with Crippen LogP contribution in [0.2, 0.25) is 0 Å². The molecule has 4 aromatic rings. The van der Waals surface area contributed by atoms with E-state index in [1.54, 1.807) is 43.5 Å². The highest BCUT2D eigenvalue weighted by atomic mass is 16.5. The Kier molecular flexibility index (Phi) is 6.55. The Morgan fingerprint density at radius 1 is 0.939 bits per heavy atom. The third-order valence-electron chi connectivity index (χ3n) is 5.05. The predicted molar refractivity (Wildman–Crippen MR) is 126 cm³/mol. The molecule has 0 amide bonds. The van der Waals surface area contributed by atoms with Crippen molar-refractivity contribution in [2.45, 2.75) is 6.61 Å². The molecule has 1 heterocycles. The van der Waals surface area contributed by atoms with Crippen molar-refractivity contribution in [2.24, 2.45) is 0 Å². The minimum atomic E-state index is -0.470. The zero-order valence-electron chi connectivity index (χ0n) is 18.2. The Labute approximate surface area is 190 Å². The van der Waals surface area contributed by atoms with Gasteiger partial charge in [0, 0.05) is 17.7 Å². The molecule has 0 aliphatic rings. The third kappa shape index (κ3) is 5.13. The lowest BCUT2D eigenvalue weighted by Gasteiger charge is -2.12. The van der Waals surface area contributed by atoms with Crippen LogP contribution >= 0.6 is 0 Å². The third-order valence-corrected chi connectivity index (χ3v) is 5.05. The maximum atomic E-state index is 12.8. The summed E-state index contributed by atoms with van der Waals surface area (Å²) in [6, 6.07) is 21.8. The molecule has 0 radical (unpaired) electrons. The minimum Gasteiger partial charge on any atom is -0.493 e. The van der Waals surface area contributed by atoms with Crippen molar-refractivity contribution in [1.29, 1.82) is 0 Å². The van der Waals surface area contributed by atoms with Crippen molar-refractivity contribution in [3.63, 3.8) is 0 Å². The molecule has 0 atom stereocenters. The summed E-state index contributed by atoms with van der Waals surface area (Å²) in [5.74, 6) is 1.07. The summed E-state index contributed by atoms with van der Waals surface area (Å²) in [5.41, 5.74) is 2.65. The number of carbonyl (C=O) groups is 1. The Morgan fingerprint density at radius 2 is 1.76 bits per heavy atom. The van der Waals surface area contributed by atoms with Gasteiger partial charge in [0.1, 0.15) is 18.0 Å². The number of ether oxygens (including phenoxy) is 3. The van der Waals surface area contributed by atoms with E-state index in [0.717, 1.165) is 5.56 Å². The first kappa shape index (κ1) is 21.9. The zero-order valence-corrected chi connectivity index (χ0v) is 18.2. The van der Waals surface area contributed by atoms with Crippen molar-refractivity contribution < 1.29 is 23.4 Å². The lowest BCUT2D eigenvalue weighted by Crippen LogP contribution is -2.01. The summed E-state index contributed by atoms with van der Waals surface area (Å²) in [4.78, 5) is 24.1. The van der Waals surface area contributed by atoms with Crippen LogP contribution in [0.4, 0.5) is 0 Å². The largest absolute Gasteiger partial charge is 0.493 e. The Hall–Kier alpha value is -4.32. The van der Waals surface area contributed by atoms with E-state index < -0.39 is 5.97 Å². The first-order valence-corrected chi connectivity index (χ1v) is 10.3. The smallest absolute Gasteiger partial charge is 0.330 e. The second kappa shape index (κ2) is 9.87. The van der Waals surface area contributed by atoms with Crippen LogP contribution in [0.3, 0.4) is 0 Å². The molecule has 6 heteroatoms. The fraction of sp³-hybridized carbons (Fsp3) is 0.111. The lowest BCUT2D eigenvalue weighted by molar-refractivity contribution is -0.134. The molecule has 4 rings (SSSR count). The molecule has 0 saturated carbocycles. The molecule has 0 spiro atoms. The maximum Gasteiger partial charge on any atom is 0.330 e. The molecule has 1 aromatic heterocycles. The van der Waals surface area contributed by atoms with Gasteiger partial charge in [0.05, 0.1) is 19.6 Å². The molecule has 33 heavy (non-hydrogen) atoms. The summed E-state index contributed by atoms with van der Waals surface area (Å²) in [6.45, 7) is 0.379. The first-order valence-electron chi connectivity index (χ1n) is 10.3. The van der Waals surface area contributed by atoms with Gasteiger partial charge in [0.25, 0.3) is 0 Å². The molecule has 3 aromatic carbocycles. The van der Waals surface area contributed by atoms with Gasteiger partial charge < -0.3 is 18.6 Å². The number of methoxy groups -OCH3 is 2. The van der Waals surface area contributed by atoms with Crippen LogP contribution in [-0.4, -0.2) is 20.2 Å². The van der Waals surface area contributed by atoms with Crippen LogP contribution in [0.25, 0.3) is 28.4 Å². The molecule has 166 valence electrons. The van der Waals surface area contributed by atoms with Gasteiger partial charge in [0.2, 0.25) is 0 Å². The molecule has 6 nitrogen and oxygen atoms in total. The first-order chi connectivity index (χ1) is 16.1. The number of carbonyl (C=O) groups excluding carboxylic acids is 1. The van der Waals surface area contributed by atoms with E-state index in [2.05, 4.69) is 4.74 Å². The zero-order chi connectivity index (χ0) is 23.2. The summed E-state index contributed by atoms with van der Waals surface area (Å²) < 4.78 is 22.0. The fourth-order valence-corrected chi connectivity index (χ4v) is 3.33. The molecule has 0 fully saturated rings. The summed E-state index contributed by atoms with van der Waals surface area (Å²) in [7, 11) is 2.88. The fourth-order valence-electron chi connectivity index (χ4n) is 3.33. The van der Waals surface area contributed by atoms with Gasteiger partial charge in [-0.15, -0.1) is 0 Å². The molecule has 0 unspecified atom stereocenters. The summed E-state index contributed by atoms with van der Waals surface area (Å²) >= 11 is 0. The number of hydrogen-bond acceptors (Lipinski definition) is 6. The monoisotopic (exact) mass is 442 g/mol. The molecule has 0 aliphatic heterocycles. The normalized spacial score (nSPS) is 11.0. The van der Waals surface area contributed by atoms with E-state index in [-0.39, 0.29) is 5.43 Å². The van der Waals surface area contributed by atoms with Crippen molar-refractivity contribution in [3.8, 4) is 22.8 Å². The molecule has 0 bridgehead atoms. The van der Waals surface area contributed by atoms with E-state index in [1.807, 2.05) is 36.4 Å². The molecular weight excluding hydrogens is 420 g/mol. The van der Waals surface area contributed by atoms with E-state index in [0.29, 0.717) is 46.0 Å². The van der Waals surface area contributed by atoms with Crippen LogP contribution in [0.1, 0.15) is 11.1 Å². The second-order valence-electron chi connectivity index (χ2n) is 7.23. The van der Waals surface area contributed by atoms with Crippen molar-refractivity contribution in [1.82, 2.24) is 0 Å². The second-order valence-corrected chi connectivity index (χ2v) is 7.23. The SMILES string of the molecule is COC(=O)/C=C/c1ccc2oc(-c3ccc(OC)c(OCc4ccccc4)c3)cc(=O)c2c1. The van der Waals surface area contributed by atoms with E-state index >= 15 is 0 Å². The Balaban J connectivity index is 1.65. The summed E-state index contributed by atoms with van der Waals surface area (Å²) in [6.07, 6.45) is 2.88. The standard InChI is InChI=1S/C27H22O6/c1-30-24-12-10-20(15-26(24)32-17-19-6-4-3-5-7-19)25-16-22(28)21-14-18(8-11-23(21)33-25)9-13-27(29)31-2/h3-16H,17H2,1-2H3/b13-9+. The quantitative estimate of drug-likeness (QED) is 0.288. The van der Waals surface area contributed by atoms with Crippen LogP contribution in [0, 0.1) is 0 Å². The van der Waals surface area contributed by atoms with Crippen molar-refractivity contribution in [3.05, 3.63) is 100 Å². The van der Waals surface area contributed by atoms with Gasteiger partial charge in [0.15, 0.2) is 16.9 Å².